The van der Waals surface area contributed by atoms with Crippen molar-refractivity contribution in [3.63, 3.8) is 0 Å². The molecular weight excluding hydrogens is 300 g/mol. The maximum atomic E-state index is 11.6. The van der Waals surface area contributed by atoms with Crippen molar-refractivity contribution in [1.29, 1.82) is 0 Å². The van der Waals surface area contributed by atoms with E-state index in [2.05, 4.69) is 16.7 Å². The number of halogens is 1. The lowest BCUT2D eigenvalue weighted by molar-refractivity contribution is -0.123. The topological polar surface area (TPSA) is 50.4 Å². The number of ether oxygens (including phenoxy) is 1. The predicted octanol–water partition coefficient (Wildman–Crippen LogP) is 2.92. The molecule has 122 valence electrons. The van der Waals surface area contributed by atoms with Gasteiger partial charge in [-0.15, -0.1) is 0 Å². The van der Waals surface area contributed by atoms with E-state index in [1.807, 2.05) is 25.1 Å². The van der Waals surface area contributed by atoms with E-state index in [-0.39, 0.29) is 12.0 Å². The van der Waals surface area contributed by atoms with Gasteiger partial charge in [0.2, 0.25) is 5.91 Å². The number of hydrogen-bond acceptors (Lipinski definition) is 3. The Bertz CT molecular complexity index is 475. The van der Waals surface area contributed by atoms with E-state index < -0.39 is 0 Å². The van der Waals surface area contributed by atoms with Crippen molar-refractivity contribution in [2.24, 2.45) is 5.92 Å². The summed E-state index contributed by atoms with van der Waals surface area (Å²) in [5.41, 5.74) is 1.09. The second kappa shape index (κ2) is 9.13. The van der Waals surface area contributed by atoms with Crippen LogP contribution in [-0.4, -0.2) is 32.1 Å². The van der Waals surface area contributed by atoms with Crippen LogP contribution in [0.4, 0.5) is 0 Å². The highest BCUT2D eigenvalue weighted by Gasteiger charge is 2.26. The number of rotatable bonds is 7. The summed E-state index contributed by atoms with van der Waals surface area (Å²) in [6.07, 6.45) is 2.67. The molecule has 1 amide bonds. The molecule has 5 heteroatoms. The maximum Gasteiger partial charge on any atom is 0.222 e. The summed E-state index contributed by atoms with van der Waals surface area (Å²) in [6.45, 7) is 5.01. The third kappa shape index (κ3) is 5.27. The number of piperidine rings is 1. The Morgan fingerprint density at radius 2 is 2.41 bits per heavy atom. The minimum absolute atomic E-state index is 0.0130. The first-order valence-corrected chi connectivity index (χ1v) is 8.43. The predicted molar refractivity (Wildman–Crippen MR) is 89.0 cm³/mol. The van der Waals surface area contributed by atoms with E-state index in [9.17, 15) is 4.79 Å². The van der Waals surface area contributed by atoms with Crippen molar-refractivity contribution in [3.05, 3.63) is 34.9 Å². The lowest BCUT2D eigenvalue weighted by atomic mass is 9.89. The summed E-state index contributed by atoms with van der Waals surface area (Å²) < 4.78 is 6.08. The summed E-state index contributed by atoms with van der Waals surface area (Å²) in [6, 6.07) is 7.84. The second-order valence-corrected chi connectivity index (χ2v) is 6.09. The van der Waals surface area contributed by atoms with Gasteiger partial charge in [0.15, 0.2) is 0 Å². The summed E-state index contributed by atoms with van der Waals surface area (Å²) in [5, 5.41) is 6.94. The van der Waals surface area contributed by atoms with Gasteiger partial charge in [-0.25, -0.2) is 0 Å². The molecule has 2 atom stereocenters. The van der Waals surface area contributed by atoms with Gasteiger partial charge >= 0.3 is 0 Å². The minimum atomic E-state index is -0.0130. The first-order valence-electron chi connectivity index (χ1n) is 8.05. The van der Waals surface area contributed by atoms with Crippen LogP contribution in [0.2, 0.25) is 5.02 Å². The van der Waals surface area contributed by atoms with Crippen LogP contribution >= 0.6 is 11.6 Å². The van der Waals surface area contributed by atoms with Crippen LogP contribution in [0, 0.1) is 5.92 Å². The van der Waals surface area contributed by atoms with Crippen LogP contribution in [0.15, 0.2) is 24.3 Å². The van der Waals surface area contributed by atoms with Crippen molar-refractivity contribution in [2.45, 2.75) is 32.3 Å². The first-order chi connectivity index (χ1) is 10.7. The van der Waals surface area contributed by atoms with Crippen molar-refractivity contribution in [3.8, 4) is 0 Å². The Morgan fingerprint density at radius 3 is 3.09 bits per heavy atom. The van der Waals surface area contributed by atoms with E-state index in [1.165, 1.54) is 0 Å². The third-order valence-corrected chi connectivity index (χ3v) is 4.18. The second-order valence-electron chi connectivity index (χ2n) is 5.66. The van der Waals surface area contributed by atoms with Gasteiger partial charge in [0.25, 0.3) is 0 Å². The molecule has 1 aliphatic heterocycles. The zero-order chi connectivity index (χ0) is 15.8. The Labute approximate surface area is 137 Å². The quantitative estimate of drug-likeness (QED) is 0.811. The normalized spacial score (nSPS) is 19.6. The first kappa shape index (κ1) is 17.3. The molecule has 2 rings (SSSR count). The van der Waals surface area contributed by atoms with E-state index in [1.54, 1.807) is 0 Å². The highest BCUT2D eigenvalue weighted by atomic mass is 35.5. The van der Waals surface area contributed by atoms with Gasteiger partial charge in [-0.05, 0) is 44.0 Å². The molecule has 0 aromatic heterocycles. The number of nitrogens with one attached hydrogen (secondary N) is 2. The van der Waals surface area contributed by atoms with Crippen LogP contribution in [0.3, 0.4) is 0 Å². The van der Waals surface area contributed by atoms with Gasteiger partial charge in [0, 0.05) is 30.5 Å². The molecule has 0 radical (unpaired) electrons. The number of carbonyl (C=O) groups excluding carboxylic acids is 1. The molecule has 1 aromatic carbocycles. The van der Waals surface area contributed by atoms with Gasteiger partial charge < -0.3 is 15.4 Å². The Morgan fingerprint density at radius 1 is 1.55 bits per heavy atom. The van der Waals surface area contributed by atoms with Gasteiger partial charge in [0.1, 0.15) is 0 Å². The van der Waals surface area contributed by atoms with Gasteiger partial charge in [-0.1, -0.05) is 23.7 Å². The van der Waals surface area contributed by atoms with Crippen molar-refractivity contribution < 1.29 is 9.53 Å². The standard InChI is InChI=1S/C17H25ClN2O2/c1-2-20-16(21)8-10-22-17(14-6-4-9-19-12-14)13-5-3-7-15(18)11-13/h3,5,7,11,14,17,19H,2,4,6,8-10,12H2,1H3,(H,20,21)/t14?,17-/m0/s1. The average molecular weight is 325 g/mol. The van der Waals surface area contributed by atoms with Crippen LogP contribution in [0.5, 0.6) is 0 Å². The van der Waals surface area contributed by atoms with Crippen molar-refractivity contribution in [1.82, 2.24) is 10.6 Å². The molecule has 1 heterocycles. The smallest absolute Gasteiger partial charge is 0.222 e. The zero-order valence-electron chi connectivity index (χ0n) is 13.1. The highest BCUT2D eigenvalue weighted by Crippen LogP contribution is 2.32. The van der Waals surface area contributed by atoms with Crippen LogP contribution in [-0.2, 0) is 9.53 Å². The molecule has 0 bridgehead atoms. The minimum Gasteiger partial charge on any atom is -0.373 e. The third-order valence-electron chi connectivity index (χ3n) is 3.94. The summed E-state index contributed by atoms with van der Waals surface area (Å²) in [5.74, 6) is 0.454. The molecule has 4 nitrogen and oxygen atoms in total. The SMILES string of the molecule is CCNC(=O)CCO[C@@H](c1cccc(Cl)c1)C1CCCNC1. The molecule has 22 heavy (non-hydrogen) atoms. The van der Waals surface area contributed by atoms with E-state index in [0.29, 0.717) is 25.5 Å². The molecule has 1 aliphatic rings. The molecule has 0 saturated carbocycles. The fourth-order valence-electron chi connectivity index (χ4n) is 2.89. The zero-order valence-corrected chi connectivity index (χ0v) is 13.9. The van der Waals surface area contributed by atoms with Gasteiger partial charge in [-0.3, -0.25) is 4.79 Å². The van der Waals surface area contributed by atoms with Crippen LogP contribution in [0.1, 0.15) is 37.9 Å². The Balaban J connectivity index is 2.00. The lowest BCUT2D eigenvalue weighted by Crippen LogP contribution is -2.34. The molecule has 2 N–H and O–H groups in total. The summed E-state index contributed by atoms with van der Waals surface area (Å²) in [4.78, 5) is 11.6. The molecule has 0 spiro atoms. The average Bonchev–Trinajstić information content (AvgIpc) is 2.53. The number of benzene rings is 1. The Kier molecular flexibility index (Phi) is 7.16. The molecular formula is C17H25ClN2O2. The van der Waals surface area contributed by atoms with Gasteiger partial charge in [0.05, 0.1) is 12.7 Å². The highest BCUT2D eigenvalue weighted by molar-refractivity contribution is 6.30. The van der Waals surface area contributed by atoms with E-state index in [0.717, 1.165) is 36.5 Å². The monoisotopic (exact) mass is 324 g/mol. The largest absolute Gasteiger partial charge is 0.373 e. The molecule has 1 fully saturated rings. The van der Waals surface area contributed by atoms with Crippen LogP contribution in [0.25, 0.3) is 0 Å². The lowest BCUT2D eigenvalue weighted by Gasteiger charge is -2.31. The molecule has 1 saturated heterocycles. The van der Waals surface area contributed by atoms with Crippen LogP contribution < -0.4 is 10.6 Å². The molecule has 1 unspecified atom stereocenters. The fraction of sp³-hybridized carbons (Fsp3) is 0.588. The Hall–Kier alpha value is -1.10. The fourth-order valence-corrected chi connectivity index (χ4v) is 3.09. The maximum absolute atomic E-state index is 11.6. The van der Waals surface area contributed by atoms with E-state index >= 15 is 0 Å². The van der Waals surface area contributed by atoms with Gasteiger partial charge in [-0.2, -0.15) is 0 Å². The number of hydrogen-bond donors (Lipinski definition) is 2. The molecule has 0 aliphatic carbocycles. The number of amides is 1. The summed E-state index contributed by atoms with van der Waals surface area (Å²) in [7, 11) is 0. The number of carbonyl (C=O) groups is 1. The van der Waals surface area contributed by atoms with Crippen molar-refractivity contribution in [2.75, 3.05) is 26.2 Å². The summed E-state index contributed by atoms with van der Waals surface area (Å²) >= 11 is 6.12. The van der Waals surface area contributed by atoms with Crippen molar-refractivity contribution >= 4 is 17.5 Å². The molecule has 1 aromatic rings. The van der Waals surface area contributed by atoms with E-state index in [4.69, 9.17) is 16.3 Å².